The molecule has 13 heteroatoms. The second kappa shape index (κ2) is 8.34. The van der Waals surface area contributed by atoms with Crippen LogP contribution in [-0.4, -0.2) is 40.6 Å². The average Bonchev–Trinajstić information content (AvgIpc) is 3.54. The number of halogens is 3. The second-order valence-corrected chi connectivity index (χ2v) is 7.08. The fourth-order valence-electron chi connectivity index (χ4n) is 3.48. The van der Waals surface area contributed by atoms with Gasteiger partial charge in [-0.25, -0.2) is 9.67 Å². The molecular weight excluding hydrogens is 463 g/mol. The van der Waals surface area contributed by atoms with Crippen molar-refractivity contribution >= 4 is 22.5 Å². The Kier molecular flexibility index (Phi) is 4.88. The highest BCUT2D eigenvalue weighted by Gasteiger charge is 2.41. The van der Waals surface area contributed by atoms with E-state index in [4.69, 9.17) is 1.37 Å². The number of nitrogens with one attached hydrogen (secondary N) is 1. The number of nitrogens with zero attached hydrogens (tertiary/aromatic N) is 8. The Hall–Kier alpha value is -5.12. The lowest BCUT2D eigenvalue weighted by atomic mass is 10.1. The van der Waals surface area contributed by atoms with E-state index in [0.29, 0.717) is 15.6 Å². The van der Waals surface area contributed by atoms with E-state index < -0.39 is 23.3 Å². The van der Waals surface area contributed by atoms with Gasteiger partial charge in [-0.2, -0.15) is 33.7 Å². The van der Waals surface area contributed by atoms with Crippen LogP contribution >= 0.6 is 0 Å². The highest BCUT2D eigenvalue weighted by atomic mass is 19.4. The summed E-state index contributed by atoms with van der Waals surface area (Å²) in [6, 6.07) is 10.4. The molecule has 10 nitrogen and oxygen atoms in total. The number of amides is 1. The van der Waals surface area contributed by atoms with Gasteiger partial charge in [-0.15, -0.1) is 4.80 Å². The van der Waals surface area contributed by atoms with E-state index >= 15 is 0 Å². The number of alkyl halides is 3. The van der Waals surface area contributed by atoms with Crippen molar-refractivity contribution in [2.24, 2.45) is 0 Å². The first-order valence-corrected chi connectivity index (χ1v) is 9.86. The third-order valence-electron chi connectivity index (χ3n) is 4.93. The van der Waals surface area contributed by atoms with Crippen LogP contribution in [0.5, 0.6) is 0 Å². The Bertz CT molecular complexity index is 1660. The maximum absolute atomic E-state index is 14.2. The molecule has 0 bridgehead atoms. The van der Waals surface area contributed by atoms with Gasteiger partial charge in [0.25, 0.3) is 5.91 Å². The number of benzene rings is 1. The van der Waals surface area contributed by atoms with E-state index in [-0.39, 0.29) is 28.9 Å². The van der Waals surface area contributed by atoms with E-state index in [2.05, 4.69) is 30.6 Å². The van der Waals surface area contributed by atoms with Crippen molar-refractivity contribution in [3.63, 3.8) is 0 Å². The first-order chi connectivity index (χ1) is 17.3. The molecule has 0 saturated heterocycles. The number of aromatic nitrogens is 7. The van der Waals surface area contributed by atoms with Crippen molar-refractivity contribution in [3.05, 3.63) is 84.2 Å². The number of anilines is 1. The molecule has 5 rings (SSSR count). The lowest BCUT2D eigenvalue weighted by molar-refractivity contribution is -0.143. The smallest absolute Gasteiger partial charge is 0.320 e. The summed E-state index contributed by atoms with van der Waals surface area (Å²) in [7, 11) is 0. The zero-order chi connectivity index (χ0) is 25.4. The van der Waals surface area contributed by atoms with Gasteiger partial charge in [0.1, 0.15) is 11.6 Å². The molecule has 1 N–H and O–H groups in total. The molecule has 0 aliphatic rings. The number of hydrogen-bond acceptors (Lipinski definition) is 7. The van der Waals surface area contributed by atoms with Gasteiger partial charge >= 0.3 is 6.18 Å². The van der Waals surface area contributed by atoms with E-state index in [1.807, 2.05) is 6.07 Å². The Morgan fingerprint density at radius 3 is 2.63 bits per heavy atom. The number of fused-ring (bicyclic) bond motifs is 1. The molecule has 0 radical (unpaired) electrons. The van der Waals surface area contributed by atoms with Crippen LogP contribution in [-0.2, 0) is 6.18 Å². The SMILES string of the molecule is [2H]c1ccc2c(-n3ncc(C(=O)Nc4cnc(-n5nccn5)c(C#N)c4)c3C(F)(F)F)cccc2n1. The number of carbonyl (C=O) groups is 1. The van der Waals surface area contributed by atoms with Crippen molar-refractivity contribution < 1.29 is 19.3 Å². The van der Waals surface area contributed by atoms with Crippen LogP contribution in [0.4, 0.5) is 18.9 Å². The molecule has 4 heterocycles. The van der Waals surface area contributed by atoms with E-state index in [1.165, 1.54) is 48.9 Å². The Morgan fingerprint density at radius 2 is 1.89 bits per heavy atom. The molecule has 0 fully saturated rings. The fourth-order valence-corrected chi connectivity index (χ4v) is 3.48. The molecule has 5 aromatic rings. The first-order valence-electron chi connectivity index (χ1n) is 10.4. The van der Waals surface area contributed by atoms with Crippen molar-refractivity contribution in [2.75, 3.05) is 5.32 Å². The third-order valence-corrected chi connectivity index (χ3v) is 4.93. The summed E-state index contributed by atoms with van der Waals surface area (Å²) in [6.07, 6.45) is -0.247. The van der Waals surface area contributed by atoms with Crippen LogP contribution < -0.4 is 5.32 Å². The Labute approximate surface area is 195 Å². The predicted molar refractivity (Wildman–Crippen MR) is 116 cm³/mol. The predicted octanol–water partition coefficient (Wildman–Crippen LogP) is 3.54. The molecule has 172 valence electrons. The van der Waals surface area contributed by atoms with Crippen LogP contribution in [0.25, 0.3) is 22.4 Å². The zero-order valence-electron chi connectivity index (χ0n) is 18.4. The summed E-state index contributed by atoms with van der Waals surface area (Å²) in [5.41, 5.74) is -1.71. The molecule has 0 aliphatic heterocycles. The van der Waals surface area contributed by atoms with Crippen molar-refractivity contribution in [3.8, 4) is 17.6 Å². The molecule has 0 atom stereocenters. The van der Waals surface area contributed by atoms with Gasteiger partial charge in [0.2, 0.25) is 0 Å². The van der Waals surface area contributed by atoms with E-state index in [1.54, 1.807) is 6.07 Å². The second-order valence-electron chi connectivity index (χ2n) is 7.08. The Balaban J connectivity index is 1.55. The number of hydrogen-bond donors (Lipinski definition) is 1. The standard InChI is InChI=1S/C22H12F3N9O/c23-22(24,25)19-16(12-31-33(19)18-5-1-4-17-15(18)3-2-6-27-17)21(35)32-14-9-13(10-26)20(28-11-14)34-29-7-8-30-34/h1-9,11-12H,(H,32,35)/i6D. The molecule has 35 heavy (non-hydrogen) atoms. The highest BCUT2D eigenvalue weighted by Crippen LogP contribution is 2.35. The Morgan fingerprint density at radius 1 is 1.09 bits per heavy atom. The highest BCUT2D eigenvalue weighted by molar-refractivity contribution is 6.05. The quantitative estimate of drug-likeness (QED) is 0.420. The van der Waals surface area contributed by atoms with Crippen LogP contribution in [0.15, 0.2) is 67.4 Å². The van der Waals surface area contributed by atoms with Crippen LogP contribution in [0.2, 0.25) is 0 Å². The first kappa shape index (κ1) is 20.5. The third kappa shape index (κ3) is 3.93. The lowest BCUT2D eigenvalue weighted by Crippen LogP contribution is -2.21. The van der Waals surface area contributed by atoms with Crippen molar-refractivity contribution in [2.45, 2.75) is 6.18 Å². The van der Waals surface area contributed by atoms with Gasteiger partial charge < -0.3 is 5.32 Å². The van der Waals surface area contributed by atoms with Crippen LogP contribution in [0.1, 0.15) is 23.0 Å². The molecular formula is C22H12F3N9O. The van der Waals surface area contributed by atoms with Crippen molar-refractivity contribution in [1.29, 1.82) is 5.26 Å². The molecule has 4 aromatic heterocycles. The minimum Gasteiger partial charge on any atom is -0.320 e. The summed E-state index contributed by atoms with van der Waals surface area (Å²) in [5, 5.41) is 23.7. The molecule has 1 amide bonds. The fraction of sp³-hybridized carbons (Fsp3) is 0.0455. The minimum absolute atomic E-state index is 0.00671. The summed E-state index contributed by atoms with van der Waals surface area (Å²) >= 11 is 0. The normalized spacial score (nSPS) is 11.8. The summed E-state index contributed by atoms with van der Waals surface area (Å²) in [4.78, 5) is 22.1. The summed E-state index contributed by atoms with van der Waals surface area (Å²) in [6.45, 7) is 0. The van der Waals surface area contributed by atoms with Gasteiger partial charge in [-0.1, -0.05) is 6.07 Å². The van der Waals surface area contributed by atoms with Gasteiger partial charge in [-0.3, -0.25) is 9.78 Å². The number of nitriles is 1. The average molecular weight is 476 g/mol. The summed E-state index contributed by atoms with van der Waals surface area (Å²) in [5.74, 6) is -1.01. The number of pyridine rings is 2. The lowest BCUT2D eigenvalue weighted by Gasteiger charge is -2.14. The molecule has 0 spiro atoms. The molecule has 1 aromatic carbocycles. The number of carbonyl (C=O) groups excluding carboxylic acids is 1. The molecule has 0 aliphatic carbocycles. The van der Waals surface area contributed by atoms with E-state index in [0.717, 1.165) is 11.0 Å². The molecule has 0 unspecified atom stereocenters. The van der Waals surface area contributed by atoms with Gasteiger partial charge in [0.15, 0.2) is 11.5 Å². The van der Waals surface area contributed by atoms with Crippen LogP contribution in [0, 0.1) is 11.3 Å². The van der Waals surface area contributed by atoms with Gasteiger partial charge in [-0.05, 0) is 30.3 Å². The molecule has 0 saturated carbocycles. The monoisotopic (exact) mass is 476 g/mol. The summed E-state index contributed by atoms with van der Waals surface area (Å²) < 4.78 is 50.7. The zero-order valence-corrected chi connectivity index (χ0v) is 17.4. The van der Waals surface area contributed by atoms with Crippen molar-refractivity contribution in [1.82, 2.24) is 34.7 Å². The maximum atomic E-state index is 14.2. The minimum atomic E-state index is -4.94. The van der Waals surface area contributed by atoms with Gasteiger partial charge in [0, 0.05) is 11.6 Å². The van der Waals surface area contributed by atoms with Crippen LogP contribution in [0.3, 0.4) is 0 Å². The van der Waals surface area contributed by atoms with Gasteiger partial charge in [0.05, 0.1) is 48.6 Å². The number of rotatable bonds is 4. The van der Waals surface area contributed by atoms with E-state index in [9.17, 15) is 23.2 Å². The topological polar surface area (TPSA) is 127 Å². The maximum Gasteiger partial charge on any atom is 0.434 e. The largest absolute Gasteiger partial charge is 0.434 e.